The Kier molecular flexibility index (Phi) is 7.19. The third-order valence-corrected chi connectivity index (χ3v) is 5.62. The van der Waals surface area contributed by atoms with Crippen molar-refractivity contribution >= 4 is 11.5 Å². The number of carbonyl (C=O) groups excluding carboxylic acids is 1. The summed E-state index contributed by atoms with van der Waals surface area (Å²) in [6.07, 6.45) is -9.34. The molecule has 2 aromatic heterocycles. The molecular weight excluding hydrogens is 522 g/mol. The largest absolute Gasteiger partial charge is 0.474 e. The molecule has 3 heterocycles. The number of rotatable bonds is 3. The van der Waals surface area contributed by atoms with Gasteiger partial charge >= 0.3 is 18.0 Å². The number of carbonyl (C=O) groups is 1. The van der Waals surface area contributed by atoms with E-state index in [1.54, 1.807) is 18.2 Å². The van der Waals surface area contributed by atoms with Crippen LogP contribution in [0.25, 0.3) is 11.6 Å². The van der Waals surface area contributed by atoms with E-state index < -0.39 is 71.1 Å². The SMILES string of the molecule is C[C@@H]1CCC=CC(=O)C(OCc2ccccc2)(C(F)(F)F)c2nnc(o2)-c2nc(c(C(F)(F)F)cc2N)O1. The van der Waals surface area contributed by atoms with E-state index in [1.165, 1.54) is 19.1 Å². The van der Waals surface area contributed by atoms with Crippen LogP contribution in [-0.2, 0) is 27.9 Å². The van der Waals surface area contributed by atoms with Gasteiger partial charge in [-0.25, -0.2) is 4.98 Å². The standard InChI is InChI=1S/C24H20F6N4O4/c1-13-7-5-6-10-17(35)22(24(28,29)30,36-12-14-8-3-2-4-9-14)21-34-33-20(38-21)18-16(31)11-15(23(25,26)27)19(32-18)37-13/h2-4,6,8-11,13H,5,7,12,31H2,1H3/t13-,22?/m1/s1. The molecule has 0 amide bonds. The van der Waals surface area contributed by atoms with Crippen LogP contribution in [0.3, 0.4) is 0 Å². The first-order valence-electron chi connectivity index (χ1n) is 11.2. The number of aromatic nitrogens is 3. The molecule has 1 aliphatic rings. The Hall–Kier alpha value is -3.94. The molecule has 1 aromatic carbocycles. The lowest BCUT2D eigenvalue weighted by atomic mass is 9.95. The summed E-state index contributed by atoms with van der Waals surface area (Å²) < 4.78 is 101. The Morgan fingerprint density at radius 2 is 1.84 bits per heavy atom. The van der Waals surface area contributed by atoms with Gasteiger partial charge in [0, 0.05) is 0 Å². The van der Waals surface area contributed by atoms with Crippen LogP contribution in [0.1, 0.15) is 36.8 Å². The number of alkyl halides is 6. The summed E-state index contributed by atoms with van der Waals surface area (Å²) >= 11 is 0. The topological polar surface area (TPSA) is 113 Å². The second kappa shape index (κ2) is 10.1. The lowest BCUT2D eigenvalue weighted by molar-refractivity contribution is -0.280. The number of pyridine rings is 1. The fourth-order valence-electron chi connectivity index (χ4n) is 3.67. The molecule has 0 saturated heterocycles. The molecule has 1 aliphatic heterocycles. The van der Waals surface area contributed by atoms with Crippen molar-refractivity contribution in [2.45, 2.75) is 50.4 Å². The fourth-order valence-corrected chi connectivity index (χ4v) is 3.67. The van der Waals surface area contributed by atoms with Crippen LogP contribution in [0.5, 0.6) is 5.88 Å². The Morgan fingerprint density at radius 3 is 2.50 bits per heavy atom. The molecule has 202 valence electrons. The van der Waals surface area contributed by atoms with Gasteiger partial charge in [0.1, 0.15) is 5.56 Å². The third-order valence-electron chi connectivity index (χ3n) is 5.62. The van der Waals surface area contributed by atoms with Crippen LogP contribution in [0.4, 0.5) is 32.0 Å². The van der Waals surface area contributed by atoms with Crippen molar-refractivity contribution in [1.29, 1.82) is 0 Å². The molecule has 4 bridgehead atoms. The van der Waals surface area contributed by atoms with E-state index in [1.807, 2.05) is 0 Å². The van der Waals surface area contributed by atoms with Gasteiger partial charge in [0.15, 0.2) is 5.69 Å². The van der Waals surface area contributed by atoms with Crippen LogP contribution in [0.2, 0.25) is 0 Å². The molecule has 0 spiro atoms. The number of ketones is 1. The molecule has 14 heteroatoms. The van der Waals surface area contributed by atoms with E-state index in [2.05, 4.69) is 15.2 Å². The van der Waals surface area contributed by atoms with Gasteiger partial charge in [-0.15, -0.1) is 10.2 Å². The molecule has 0 saturated carbocycles. The average Bonchev–Trinajstić information content (AvgIpc) is 3.32. The second-order valence-electron chi connectivity index (χ2n) is 8.41. The first kappa shape index (κ1) is 27.1. The van der Waals surface area contributed by atoms with Crippen molar-refractivity contribution in [3.63, 3.8) is 0 Å². The van der Waals surface area contributed by atoms with Crippen LogP contribution in [-0.4, -0.2) is 33.2 Å². The van der Waals surface area contributed by atoms with Gasteiger partial charge in [0.2, 0.25) is 11.7 Å². The zero-order chi connectivity index (χ0) is 27.7. The van der Waals surface area contributed by atoms with Gasteiger partial charge < -0.3 is 19.6 Å². The van der Waals surface area contributed by atoms with Crippen molar-refractivity contribution < 1.29 is 45.0 Å². The number of hydrogen-bond acceptors (Lipinski definition) is 8. The first-order valence-corrected chi connectivity index (χ1v) is 11.2. The van der Waals surface area contributed by atoms with Crippen molar-refractivity contribution in [2.75, 3.05) is 5.73 Å². The number of nitrogen functional groups attached to an aromatic ring is 1. The maximum atomic E-state index is 14.6. The minimum atomic E-state index is -5.38. The highest BCUT2D eigenvalue weighted by Crippen LogP contribution is 2.45. The molecule has 38 heavy (non-hydrogen) atoms. The third kappa shape index (κ3) is 5.21. The predicted molar refractivity (Wildman–Crippen MR) is 119 cm³/mol. The summed E-state index contributed by atoms with van der Waals surface area (Å²) in [4.78, 5) is 16.9. The molecule has 0 radical (unpaired) electrons. The maximum Gasteiger partial charge on any atom is 0.434 e. The quantitative estimate of drug-likeness (QED) is 0.438. The number of nitrogens with zero attached hydrogens (tertiary/aromatic N) is 3. The highest BCUT2D eigenvalue weighted by Gasteiger charge is 2.66. The lowest BCUT2D eigenvalue weighted by Crippen LogP contribution is -2.51. The van der Waals surface area contributed by atoms with Crippen molar-refractivity contribution in [1.82, 2.24) is 15.2 Å². The minimum absolute atomic E-state index is 0.0161. The monoisotopic (exact) mass is 542 g/mol. The molecule has 0 aliphatic carbocycles. The van der Waals surface area contributed by atoms with Gasteiger partial charge in [0.05, 0.1) is 18.4 Å². The molecule has 3 aromatic rings. The summed E-state index contributed by atoms with van der Waals surface area (Å²) in [7, 11) is 0. The van der Waals surface area contributed by atoms with Gasteiger partial charge in [-0.1, -0.05) is 36.4 Å². The van der Waals surface area contributed by atoms with Gasteiger partial charge in [-0.2, -0.15) is 26.3 Å². The van der Waals surface area contributed by atoms with E-state index in [0.717, 1.165) is 6.08 Å². The van der Waals surface area contributed by atoms with Crippen molar-refractivity contribution in [3.8, 4) is 17.5 Å². The van der Waals surface area contributed by atoms with Gasteiger partial charge in [-0.05, 0) is 37.5 Å². The molecule has 0 fully saturated rings. The van der Waals surface area contributed by atoms with E-state index in [4.69, 9.17) is 19.6 Å². The molecule has 2 atom stereocenters. The average molecular weight is 542 g/mol. The Labute approximate surface area is 211 Å². The number of ether oxygens (including phenoxy) is 2. The normalized spacial score (nSPS) is 20.6. The number of allylic oxidation sites excluding steroid dienone is 1. The number of hydrogen-bond donors (Lipinski definition) is 1. The van der Waals surface area contributed by atoms with E-state index in [-0.39, 0.29) is 12.8 Å². The number of anilines is 1. The van der Waals surface area contributed by atoms with E-state index >= 15 is 0 Å². The number of halogens is 6. The molecule has 1 unspecified atom stereocenters. The van der Waals surface area contributed by atoms with Gasteiger partial charge in [-0.3, -0.25) is 4.79 Å². The molecule has 8 nitrogen and oxygen atoms in total. The maximum absolute atomic E-state index is 14.6. The van der Waals surface area contributed by atoms with E-state index in [9.17, 15) is 31.1 Å². The Morgan fingerprint density at radius 1 is 1.13 bits per heavy atom. The highest BCUT2D eigenvalue weighted by molar-refractivity contribution is 5.98. The predicted octanol–water partition coefficient (Wildman–Crippen LogP) is 5.39. The van der Waals surface area contributed by atoms with Crippen molar-refractivity contribution in [2.24, 2.45) is 0 Å². The summed E-state index contributed by atoms with van der Waals surface area (Å²) in [5.74, 6) is -4.47. The van der Waals surface area contributed by atoms with Crippen LogP contribution in [0, 0.1) is 0 Å². The lowest BCUT2D eigenvalue weighted by Gasteiger charge is -2.30. The highest BCUT2D eigenvalue weighted by atomic mass is 19.4. The Balaban J connectivity index is 1.91. The summed E-state index contributed by atoms with van der Waals surface area (Å²) in [6, 6.07) is 8.26. The molecule has 4 rings (SSSR count). The van der Waals surface area contributed by atoms with Crippen LogP contribution in [0.15, 0.2) is 53.0 Å². The number of fused-ring (bicyclic) bond motifs is 5. The van der Waals surface area contributed by atoms with Crippen molar-refractivity contribution in [3.05, 3.63) is 65.6 Å². The summed E-state index contributed by atoms with van der Waals surface area (Å²) in [5.41, 5.74) is -0.132. The zero-order valence-corrected chi connectivity index (χ0v) is 19.6. The fraction of sp³-hybridized carbons (Fsp3) is 0.333. The Bertz CT molecular complexity index is 1340. The van der Waals surface area contributed by atoms with E-state index in [0.29, 0.717) is 17.7 Å². The molecule has 2 N–H and O–H groups in total. The molecular formula is C24H20F6N4O4. The minimum Gasteiger partial charge on any atom is -0.474 e. The van der Waals surface area contributed by atoms with Crippen LogP contribution >= 0.6 is 0 Å². The van der Waals surface area contributed by atoms with Crippen LogP contribution < -0.4 is 10.5 Å². The summed E-state index contributed by atoms with van der Waals surface area (Å²) in [6.45, 7) is 0.778. The first-order chi connectivity index (χ1) is 17.8. The number of benzene rings is 1. The van der Waals surface area contributed by atoms with Gasteiger partial charge in [0.25, 0.3) is 11.8 Å². The smallest absolute Gasteiger partial charge is 0.434 e. The zero-order valence-electron chi connectivity index (χ0n) is 19.6. The summed E-state index contributed by atoms with van der Waals surface area (Å²) in [5, 5.41) is 6.90. The number of nitrogens with two attached hydrogens (primary N) is 1. The second-order valence-corrected chi connectivity index (χ2v) is 8.41.